The van der Waals surface area contributed by atoms with Crippen molar-refractivity contribution < 1.29 is 82.5 Å². The first kappa shape index (κ1) is 42.6. The SMILES string of the molecule is CC(C)(C)c1ccc(I(OC(=O)C(F)(F)C(F)(F)C(F)(F)C(F)(F)C(F)(F)C(F)(F)C(F)(F)C(F)(F)F)c2ccc(C(C)(C)C)cc2)cc1. The zero-order chi connectivity index (χ0) is 38.8. The van der Waals surface area contributed by atoms with Gasteiger partial charge in [0.15, 0.2) is 0 Å². The number of carbonyl (C=O) groups excluding carboxylic acids is 1. The van der Waals surface area contributed by atoms with Crippen LogP contribution < -0.4 is 0 Å². The number of carbonyl (C=O) groups is 1. The Bertz CT molecular complexity index is 1430. The van der Waals surface area contributed by atoms with E-state index in [1.165, 1.54) is 48.5 Å². The molecule has 0 amide bonds. The van der Waals surface area contributed by atoms with E-state index in [9.17, 15) is 79.4 Å². The van der Waals surface area contributed by atoms with Gasteiger partial charge in [-0.2, -0.15) is 0 Å². The second-order valence-electron chi connectivity index (χ2n) is 12.6. The fraction of sp³-hybridized carbons (Fsp3) is 0.552. The van der Waals surface area contributed by atoms with E-state index in [-0.39, 0.29) is 7.14 Å². The minimum atomic E-state index is -8.80. The number of hydrogen-bond acceptors (Lipinski definition) is 2. The zero-order valence-corrected chi connectivity index (χ0v) is 27.9. The number of halogens is 18. The third-order valence-electron chi connectivity index (χ3n) is 6.94. The Balaban J connectivity index is 2.67. The molecule has 0 aliphatic heterocycles. The molecule has 0 radical (unpaired) electrons. The fourth-order valence-corrected chi connectivity index (χ4v) is 7.68. The summed E-state index contributed by atoms with van der Waals surface area (Å²) >= 11 is -4.35. The summed E-state index contributed by atoms with van der Waals surface area (Å²) in [5, 5.41) is 0. The van der Waals surface area contributed by atoms with Gasteiger partial charge in [-0.1, -0.05) is 0 Å². The monoisotopic (exact) mass is 856 g/mol. The molecule has 0 bridgehead atoms. The van der Waals surface area contributed by atoms with Crippen LogP contribution in [0.25, 0.3) is 0 Å². The van der Waals surface area contributed by atoms with Crippen molar-refractivity contribution >= 4 is 26.2 Å². The average Bonchev–Trinajstić information content (AvgIpc) is 2.93. The van der Waals surface area contributed by atoms with Crippen molar-refractivity contribution in [2.75, 3.05) is 0 Å². The van der Waals surface area contributed by atoms with Crippen LogP contribution in [0.15, 0.2) is 48.5 Å². The van der Waals surface area contributed by atoms with Crippen LogP contribution >= 0.6 is 20.2 Å². The molecular weight excluding hydrogens is 830 g/mol. The van der Waals surface area contributed by atoms with Crippen molar-refractivity contribution in [2.45, 2.75) is 100 Å². The van der Waals surface area contributed by atoms with Crippen LogP contribution in [-0.4, -0.2) is 53.6 Å². The average molecular weight is 856 g/mol. The van der Waals surface area contributed by atoms with Gasteiger partial charge in [0.2, 0.25) is 0 Å². The van der Waals surface area contributed by atoms with E-state index in [1.807, 2.05) is 0 Å². The van der Waals surface area contributed by atoms with Crippen LogP contribution in [0, 0.1) is 7.14 Å². The van der Waals surface area contributed by atoms with Crippen LogP contribution in [0.5, 0.6) is 0 Å². The van der Waals surface area contributed by atoms with E-state index >= 15 is 0 Å². The van der Waals surface area contributed by atoms with Crippen LogP contribution in [0.4, 0.5) is 74.6 Å². The first-order valence-corrected chi connectivity index (χ1v) is 16.3. The molecule has 2 nitrogen and oxygen atoms in total. The van der Waals surface area contributed by atoms with Crippen molar-refractivity contribution in [2.24, 2.45) is 0 Å². The number of alkyl halides is 17. The second kappa shape index (κ2) is 12.6. The summed E-state index contributed by atoms with van der Waals surface area (Å²) in [4.78, 5) is 12.4. The molecular formula is C29H26F17IO2. The fourth-order valence-electron chi connectivity index (χ4n) is 3.75. The molecule has 0 aromatic heterocycles. The first-order chi connectivity index (χ1) is 21.4. The number of benzene rings is 2. The standard InChI is InChI=1S/C29H26F17IO2/c1-20(2,3)15-7-11-17(12-8-15)47(18-13-9-16(10-14-18)21(4,5)6)49-19(48)22(30,31)23(32,33)24(34,35)25(36,37)26(38,39)27(40,41)28(42,43)29(44,45)46/h7-14H,1-6H3. The molecule has 49 heavy (non-hydrogen) atoms. The van der Waals surface area contributed by atoms with E-state index in [0.717, 1.165) is 0 Å². The first-order valence-electron chi connectivity index (χ1n) is 13.3. The van der Waals surface area contributed by atoms with E-state index < -0.39 is 84.7 Å². The van der Waals surface area contributed by atoms with Gasteiger partial charge in [0.25, 0.3) is 0 Å². The van der Waals surface area contributed by atoms with E-state index in [0.29, 0.717) is 11.1 Å². The predicted molar refractivity (Wildman–Crippen MR) is 148 cm³/mol. The van der Waals surface area contributed by atoms with Crippen molar-refractivity contribution in [1.29, 1.82) is 0 Å². The molecule has 0 unspecified atom stereocenters. The third kappa shape index (κ3) is 7.03. The molecule has 2 aromatic carbocycles. The summed E-state index contributed by atoms with van der Waals surface area (Å²) in [5.74, 6) is -62.4. The summed E-state index contributed by atoms with van der Waals surface area (Å²) in [6.07, 6.45) is -7.86. The van der Waals surface area contributed by atoms with Crippen molar-refractivity contribution in [1.82, 2.24) is 0 Å². The van der Waals surface area contributed by atoms with Gasteiger partial charge in [0.1, 0.15) is 0 Å². The zero-order valence-electron chi connectivity index (χ0n) is 25.7. The Morgan fingerprint density at radius 2 is 0.714 bits per heavy atom. The van der Waals surface area contributed by atoms with Gasteiger partial charge >= 0.3 is 276 Å². The Kier molecular flexibility index (Phi) is 11.0. The Hall–Kier alpha value is -2.55. The minimum absolute atomic E-state index is 0.175. The third-order valence-corrected chi connectivity index (χ3v) is 11.5. The van der Waals surface area contributed by atoms with Crippen molar-refractivity contribution in [3.8, 4) is 0 Å². The molecule has 0 atom stereocenters. The Morgan fingerprint density at radius 1 is 0.449 bits per heavy atom. The molecule has 20 heteroatoms. The summed E-state index contributed by atoms with van der Waals surface area (Å²) < 4.78 is 238. The van der Waals surface area contributed by atoms with Gasteiger partial charge in [-0.05, 0) is 0 Å². The van der Waals surface area contributed by atoms with Gasteiger partial charge in [-0.15, -0.1) is 0 Å². The number of rotatable bonds is 10. The van der Waals surface area contributed by atoms with Gasteiger partial charge < -0.3 is 0 Å². The maximum absolute atomic E-state index is 14.8. The maximum atomic E-state index is 14.8. The molecule has 0 saturated carbocycles. The number of hydrogen-bond donors (Lipinski definition) is 0. The molecule has 0 aliphatic rings. The van der Waals surface area contributed by atoms with E-state index in [1.54, 1.807) is 41.5 Å². The quantitative estimate of drug-likeness (QED) is 0.176. The van der Waals surface area contributed by atoms with Crippen LogP contribution in [0.1, 0.15) is 52.7 Å². The Morgan fingerprint density at radius 3 is 0.980 bits per heavy atom. The van der Waals surface area contributed by atoms with Crippen LogP contribution in [-0.2, 0) is 18.7 Å². The molecule has 0 spiro atoms. The van der Waals surface area contributed by atoms with E-state index in [4.69, 9.17) is 0 Å². The molecule has 280 valence electrons. The molecule has 0 heterocycles. The summed E-state index contributed by atoms with van der Waals surface area (Å²) in [7, 11) is 0. The van der Waals surface area contributed by atoms with Gasteiger partial charge in [-0.3, -0.25) is 0 Å². The molecule has 0 fully saturated rings. The Labute approximate surface area is 275 Å². The molecule has 0 N–H and O–H groups in total. The summed E-state index contributed by atoms with van der Waals surface area (Å²) in [5.41, 5.74) is 0.0672. The molecule has 2 aromatic rings. The summed E-state index contributed by atoms with van der Waals surface area (Å²) in [6.45, 7) is 10.4. The van der Waals surface area contributed by atoms with Gasteiger partial charge in [0, 0.05) is 0 Å². The molecule has 0 saturated heterocycles. The van der Waals surface area contributed by atoms with Crippen molar-refractivity contribution in [3.63, 3.8) is 0 Å². The van der Waals surface area contributed by atoms with Gasteiger partial charge in [-0.25, -0.2) is 0 Å². The predicted octanol–water partition coefficient (Wildman–Crippen LogP) is 11.3. The van der Waals surface area contributed by atoms with Crippen LogP contribution in [0.3, 0.4) is 0 Å². The normalized spacial score (nSPS) is 15.3. The van der Waals surface area contributed by atoms with Crippen LogP contribution in [0.2, 0.25) is 0 Å². The summed E-state index contributed by atoms with van der Waals surface area (Å²) in [6, 6.07) is 10.2. The van der Waals surface area contributed by atoms with E-state index in [2.05, 4.69) is 3.07 Å². The van der Waals surface area contributed by atoms with Gasteiger partial charge in [0.05, 0.1) is 0 Å². The van der Waals surface area contributed by atoms with Crippen molar-refractivity contribution in [3.05, 3.63) is 66.8 Å². The topological polar surface area (TPSA) is 26.3 Å². The molecule has 0 aliphatic carbocycles. The second-order valence-corrected chi connectivity index (χ2v) is 17.0. The molecule has 2 rings (SSSR count).